The van der Waals surface area contributed by atoms with Gasteiger partial charge >= 0.3 is 0 Å². The fourth-order valence-corrected chi connectivity index (χ4v) is 3.97. The standard InChI is InChI=1S/C21H18N2OS/c1-13(2)15-10-6-12-18-19(15)22-21(25-18)23-20(24)17-11-5-8-14-7-3-4-9-16(14)17/h3-13H,1-2H3,(H,22,23,24). The first-order valence-corrected chi connectivity index (χ1v) is 9.13. The first-order chi connectivity index (χ1) is 12.1. The SMILES string of the molecule is CC(C)c1cccc2sc(NC(=O)c3cccc4ccccc34)nc12. The van der Waals surface area contributed by atoms with E-state index in [0.29, 0.717) is 16.6 Å². The van der Waals surface area contributed by atoms with Crippen molar-refractivity contribution < 1.29 is 4.79 Å². The Hall–Kier alpha value is -2.72. The maximum Gasteiger partial charge on any atom is 0.258 e. The molecule has 25 heavy (non-hydrogen) atoms. The second kappa shape index (κ2) is 6.30. The molecule has 1 N–H and O–H groups in total. The maximum atomic E-state index is 12.8. The van der Waals surface area contributed by atoms with Crippen LogP contribution < -0.4 is 5.32 Å². The second-order valence-corrected chi connectivity index (χ2v) is 7.38. The number of carbonyl (C=O) groups excluding carboxylic acids is 1. The molecule has 0 saturated heterocycles. The number of hydrogen-bond donors (Lipinski definition) is 1. The lowest BCUT2D eigenvalue weighted by Gasteiger charge is -2.06. The van der Waals surface area contributed by atoms with Crippen molar-refractivity contribution in [1.82, 2.24) is 4.98 Å². The summed E-state index contributed by atoms with van der Waals surface area (Å²) in [5, 5.41) is 5.62. The van der Waals surface area contributed by atoms with Gasteiger partial charge in [-0.05, 0) is 34.4 Å². The smallest absolute Gasteiger partial charge is 0.258 e. The summed E-state index contributed by atoms with van der Waals surface area (Å²) in [5.74, 6) is 0.273. The van der Waals surface area contributed by atoms with Crippen LogP contribution in [-0.4, -0.2) is 10.9 Å². The van der Waals surface area contributed by atoms with E-state index in [-0.39, 0.29) is 5.91 Å². The van der Waals surface area contributed by atoms with E-state index in [9.17, 15) is 4.79 Å². The molecule has 3 aromatic carbocycles. The molecule has 0 atom stereocenters. The van der Waals surface area contributed by atoms with Crippen LogP contribution in [0.3, 0.4) is 0 Å². The van der Waals surface area contributed by atoms with Gasteiger partial charge in [0.1, 0.15) is 0 Å². The van der Waals surface area contributed by atoms with Gasteiger partial charge in [0.25, 0.3) is 5.91 Å². The molecule has 124 valence electrons. The Labute approximate surface area is 150 Å². The number of rotatable bonds is 3. The molecular formula is C21H18N2OS. The molecule has 1 amide bonds. The predicted molar refractivity (Wildman–Crippen MR) is 106 cm³/mol. The van der Waals surface area contributed by atoms with Gasteiger partial charge in [-0.1, -0.05) is 73.7 Å². The quantitative estimate of drug-likeness (QED) is 0.507. The molecule has 0 saturated carbocycles. The van der Waals surface area contributed by atoms with Gasteiger partial charge in [0.15, 0.2) is 5.13 Å². The number of aromatic nitrogens is 1. The van der Waals surface area contributed by atoms with Crippen molar-refractivity contribution in [2.45, 2.75) is 19.8 Å². The Morgan fingerprint density at radius 1 is 1.00 bits per heavy atom. The van der Waals surface area contributed by atoms with Crippen LogP contribution in [0.4, 0.5) is 5.13 Å². The lowest BCUT2D eigenvalue weighted by atomic mass is 10.0. The van der Waals surface area contributed by atoms with E-state index in [0.717, 1.165) is 21.0 Å². The number of anilines is 1. The molecule has 0 spiro atoms. The van der Waals surface area contributed by atoms with Crippen LogP contribution in [-0.2, 0) is 0 Å². The third kappa shape index (κ3) is 2.89. The van der Waals surface area contributed by atoms with Crippen LogP contribution in [0.2, 0.25) is 0 Å². The first kappa shape index (κ1) is 15.8. The van der Waals surface area contributed by atoms with E-state index < -0.39 is 0 Å². The Kier molecular flexibility index (Phi) is 3.98. The number of amides is 1. The molecule has 0 fully saturated rings. The normalized spacial score (nSPS) is 11.3. The van der Waals surface area contributed by atoms with Gasteiger partial charge in [-0.25, -0.2) is 4.98 Å². The zero-order valence-electron chi connectivity index (χ0n) is 14.1. The van der Waals surface area contributed by atoms with Crippen molar-refractivity contribution in [2.75, 3.05) is 5.32 Å². The van der Waals surface area contributed by atoms with Gasteiger partial charge in [0.2, 0.25) is 0 Å². The second-order valence-electron chi connectivity index (χ2n) is 6.35. The number of hydrogen-bond acceptors (Lipinski definition) is 3. The van der Waals surface area contributed by atoms with Gasteiger partial charge in [-0.2, -0.15) is 0 Å². The van der Waals surface area contributed by atoms with Crippen molar-refractivity contribution in [3.63, 3.8) is 0 Å². The molecule has 4 aromatic rings. The molecule has 0 aliphatic rings. The molecule has 3 nitrogen and oxygen atoms in total. The molecule has 1 heterocycles. The highest BCUT2D eigenvalue weighted by Crippen LogP contribution is 2.32. The number of benzene rings is 3. The van der Waals surface area contributed by atoms with Crippen molar-refractivity contribution in [3.05, 3.63) is 71.8 Å². The van der Waals surface area contributed by atoms with Crippen LogP contribution in [0.1, 0.15) is 35.7 Å². The van der Waals surface area contributed by atoms with Crippen LogP contribution >= 0.6 is 11.3 Å². The van der Waals surface area contributed by atoms with Gasteiger partial charge in [-0.15, -0.1) is 0 Å². The Morgan fingerprint density at radius 2 is 1.76 bits per heavy atom. The molecule has 0 aliphatic carbocycles. The van der Waals surface area contributed by atoms with E-state index in [1.807, 2.05) is 54.6 Å². The van der Waals surface area contributed by atoms with Crippen LogP contribution in [0, 0.1) is 0 Å². The minimum atomic E-state index is -0.123. The monoisotopic (exact) mass is 346 g/mol. The number of carbonyl (C=O) groups is 1. The highest BCUT2D eigenvalue weighted by atomic mass is 32.1. The third-order valence-corrected chi connectivity index (χ3v) is 5.26. The number of fused-ring (bicyclic) bond motifs is 2. The summed E-state index contributed by atoms with van der Waals surface area (Å²) < 4.78 is 1.10. The molecule has 0 unspecified atom stereocenters. The highest BCUT2D eigenvalue weighted by Gasteiger charge is 2.14. The average Bonchev–Trinajstić information content (AvgIpc) is 3.03. The third-order valence-electron chi connectivity index (χ3n) is 4.33. The fourth-order valence-electron chi connectivity index (χ4n) is 3.08. The Bertz CT molecular complexity index is 1080. The first-order valence-electron chi connectivity index (χ1n) is 8.32. The van der Waals surface area contributed by atoms with Gasteiger partial charge in [0, 0.05) is 5.56 Å². The van der Waals surface area contributed by atoms with Crippen molar-refractivity contribution in [3.8, 4) is 0 Å². The van der Waals surface area contributed by atoms with Crippen molar-refractivity contribution >= 4 is 43.4 Å². The van der Waals surface area contributed by atoms with Crippen LogP contribution in [0.15, 0.2) is 60.7 Å². The summed E-state index contributed by atoms with van der Waals surface area (Å²) in [4.78, 5) is 17.4. The van der Waals surface area contributed by atoms with E-state index >= 15 is 0 Å². The number of thiazole rings is 1. The Morgan fingerprint density at radius 3 is 2.60 bits per heavy atom. The lowest BCUT2D eigenvalue weighted by molar-refractivity contribution is 0.102. The lowest BCUT2D eigenvalue weighted by Crippen LogP contribution is -2.12. The number of nitrogens with zero attached hydrogens (tertiary/aromatic N) is 1. The summed E-state index contributed by atoms with van der Waals surface area (Å²) in [6.45, 7) is 4.31. The topological polar surface area (TPSA) is 42.0 Å². The van der Waals surface area contributed by atoms with Crippen molar-refractivity contribution in [2.24, 2.45) is 0 Å². The molecule has 4 heteroatoms. The summed E-state index contributed by atoms with van der Waals surface area (Å²) in [5.41, 5.74) is 2.86. The zero-order valence-corrected chi connectivity index (χ0v) is 14.9. The van der Waals surface area contributed by atoms with Crippen molar-refractivity contribution in [1.29, 1.82) is 0 Å². The molecule has 4 rings (SSSR count). The summed E-state index contributed by atoms with van der Waals surface area (Å²) in [7, 11) is 0. The minimum absolute atomic E-state index is 0.123. The molecular weight excluding hydrogens is 328 g/mol. The van der Waals surface area contributed by atoms with Gasteiger partial charge in [0.05, 0.1) is 10.2 Å². The maximum absolute atomic E-state index is 12.8. The minimum Gasteiger partial charge on any atom is -0.298 e. The largest absolute Gasteiger partial charge is 0.298 e. The van der Waals surface area contributed by atoms with Crippen LogP contribution in [0.5, 0.6) is 0 Å². The van der Waals surface area contributed by atoms with E-state index in [1.54, 1.807) is 0 Å². The van der Waals surface area contributed by atoms with Gasteiger partial charge in [-0.3, -0.25) is 10.1 Å². The van der Waals surface area contributed by atoms with E-state index in [4.69, 9.17) is 0 Å². The molecule has 0 aliphatic heterocycles. The fraction of sp³-hybridized carbons (Fsp3) is 0.143. The molecule has 1 aromatic heterocycles. The number of nitrogens with one attached hydrogen (secondary N) is 1. The highest BCUT2D eigenvalue weighted by molar-refractivity contribution is 7.22. The predicted octanol–water partition coefficient (Wildman–Crippen LogP) is 5.83. The van der Waals surface area contributed by atoms with Crippen LogP contribution in [0.25, 0.3) is 21.0 Å². The summed E-state index contributed by atoms with van der Waals surface area (Å²) >= 11 is 1.51. The zero-order chi connectivity index (χ0) is 17.4. The van der Waals surface area contributed by atoms with E-state index in [1.165, 1.54) is 16.9 Å². The molecule has 0 radical (unpaired) electrons. The molecule has 0 bridgehead atoms. The van der Waals surface area contributed by atoms with Gasteiger partial charge < -0.3 is 0 Å². The number of para-hydroxylation sites is 1. The van der Waals surface area contributed by atoms with E-state index in [2.05, 4.69) is 30.2 Å². The Balaban J connectivity index is 1.71. The average molecular weight is 346 g/mol. The summed E-state index contributed by atoms with van der Waals surface area (Å²) in [6.07, 6.45) is 0. The summed E-state index contributed by atoms with van der Waals surface area (Å²) in [6, 6.07) is 19.9.